The first-order valence-electron chi connectivity index (χ1n) is 6.98. The van der Waals surface area contributed by atoms with Crippen LogP contribution in [0, 0.1) is 4.64 Å². The van der Waals surface area contributed by atoms with Crippen LogP contribution in [0.5, 0.6) is 0 Å². The normalized spacial score (nSPS) is 13.4. The number of rotatable bonds is 4. The van der Waals surface area contributed by atoms with Gasteiger partial charge < -0.3 is 9.30 Å². The number of nitrogens with zero attached hydrogens (tertiary/aromatic N) is 2. The molecule has 2 aromatic rings. The maximum absolute atomic E-state index is 5.48. The molecule has 0 N–H and O–H groups in total. The number of methoxy groups -OCH3 is 1. The molecule has 0 saturated carbocycles. The predicted octanol–water partition coefficient (Wildman–Crippen LogP) is 3.41. The van der Waals surface area contributed by atoms with Crippen LogP contribution in [0.4, 0.5) is 0 Å². The van der Waals surface area contributed by atoms with Crippen LogP contribution in [-0.2, 0) is 24.1 Å². The van der Waals surface area contributed by atoms with Crippen molar-refractivity contribution in [3.8, 4) is 11.4 Å². The van der Waals surface area contributed by atoms with Gasteiger partial charge >= 0.3 is 0 Å². The summed E-state index contributed by atoms with van der Waals surface area (Å²) in [4.78, 5) is 4.69. The van der Waals surface area contributed by atoms with Gasteiger partial charge in [0.15, 0.2) is 0 Å². The van der Waals surface area contributed by atoms with Gasteiger partial charge in [-0.15, -0.1) is 0 Å². The third-order valence-electron chi connectivity index (χ3n) is 3.79. The molecule has 0 spiro atoms. The lowest BCUT2D eigenvalue weighted by molar-refractivity contribution is 0.186. The highest BCUT2D eigenvalue weighted by molar-refractivity contribution is 7.71. The molecule has 1 aliphatic carbocycles. The molecule has 4 heteroatoms. The summed E-state index contributed by atoms with van der Waals surface area (Å²) in [5.74, 6) is 0.966. The third kappa shape index (κ3) is 2.41. The van der Waals surface area contributed by atoms with E-state index in [1.165, 1.54) is 17.7 Å². The van der Waals surface area contributed by atoms with Crippen LogP contribution >= 0.6 is 12.2 Å². The molecule has 104 valence electrons. The Morgan fingerprint density at radius 3 is 2.80 bits per heavy atom. The van der Waals surface area contributed by atoms with E-state index < -0.39 is 0 Å². The van der Waals surface area contributed by atoms with Crippen LogP contribution in [0.2, 0.25) is 0 Å². The predicted molar refractivity (Wildman–Crippen MR) is 82.4 cm³/mol. The summed E-state index contributed by atoms with van der Waals surface area (Å²) in [6.45, 7) is 1.51. The highest BCUT2D eigenvalue weighted by Gasteiger charge is 2.20. The van der Waals surface area contributed by atoms with Gasteiger partial charge in [0.2, 0.25) is 0 Å². The average Bonchev–Trinajstić information content (AvgIpc) is 2.97. The summed E-state index contributed by atoms with van der Waals surface area (Å²) in [5.41, 5.74) is 3.72. The topological polar surface area (TPSA) is 27.1 Å². The van der Waals surface area contributed by atoms with Crippen LogP contribution in [0.25, 0.3) is 11.4 Å². The molecule has 1 aromatic carbocycles. The van der Waals surface area contributed by atoms with Crippen LogP contribution in [0.15, 0.2) is 30.3 Å². The summed E-state index contributed by atoms with van der Waals surface area (Å²) in [7, 11) is 1.73. The summed E-state index contributed by atoms with van der Waals surface area (Å²) in [6, 6.07) is 10.3. The molecule has 1 aromatic heterocycles. The van der Waals surface area contributed by atoms with Gasteiger partial charge in [-0.3, -0.25) is 0 Å². The minimum atomic E-state index is 0.690. The summed E-state index contributed by atoms with van der Waals surface area (Å²) in [5, 5.41) is 0. The second-order valence-corrected chi connectivity index (χ2v) is 5.42. The number of fused-ring (bicyclic) bond motifs is 1. The molecule has 0 radical (unpaired) electrons. The van der Waals surface area contributed by atoms with E-state index in [4.69, 9.17) is 21.9 Å². The van der Waals surface area contributed by atoms with Crippen molar-refractivity contribution in [2.24, 2.45) is 0 Å². The maximum atomic E-state index is 5.48. The van der Waals surface area contributed by atoms with Crippen molar-refractivity contribution in [3.63, 3.8) is 0 Å². The first-order chi connectivity index (χ1) is 9.81. The quantitative estimate of drug-likeness (QED) is 0.806. The zero-order valence-electron chi connectivity index (χ0n) is 11.6. The monoisotopic (exact) mass is 286 g/mol. The molecule has 0 atom stereocenters. The van der Waals surface area contributed by atoms with E-state index in [1.54, 1.807) is 7.11 Å². The summed E-state index contributed by atoms with van der Waals surface area (Å²) >= 11 is 5.48. The molecular formula is C16H18N2OS. The maximum Gasteiger partial charge on any atom is 0.141 e. The first-order valence-corrected chi connectivity index (χ1v) is 7.39. The van der Waals surface area contributed by atoms with Gasteiger partial charge in [-0.05, 0) is 19.3 Å². The van der Waals surface area contributed by atoms with Crippen molar-refractivity contribution in [3.05, 3.63) is 46.2 Å². The lowest BCUT2D eigenvalue weighted by atomic mass is 10.2. The van der Waals surface area contributed by atoms with Crippen LogP contribution < -0.4 is 0 Å². The lowest BCUT2D eigenvalue weighted by Gasteiger charge is -2.18. The molecule has 0 saturated heterocycles. The summed E-state index contributed by atoms with van der Waals surface area (Å²) in [6.07, 6.45) is 3.32. The second kappa shape index (κ2) is 5.85. The van der Waals surface area contributed by atoms with Crippen molar-refractivity contribution >= 4 is 12.2 Å². The van der Waals surface area contributed by atoms with Crippen molar-refractivity contribution in [2.45, 2.75) is 25.8 Å². The Hall–Kier alpha value is -1.52. The first kappa shape index (κ1) is 13.5. The molecule has 3 nitrogen and oxygen atoms in total. The molecule has 0 bridgehead atoms. The van der Waals surface area contributed by atoms with Gasteiger partial charge in [-0.25, -0.2) is 4.98 Å². The number of benzene rings is 1. The highest BCUT2D eigenvalue weighted by atomic mass is 32.1. The van der Waals surface area contributed by atoms with Crippen molar-refractivity contribution in [1.29, 1.82) is 0 Å². The molecule has 0 amide bonds. The van der Waals surface area contributed by atoms with E-state index in [2.05, 4.69) is 16.7 Å². The standard InChI is InChI=1S/C16H18N2OS/c1-19-11-10-18-14-9-5-8-13(14)16(20)17-15(18)12-6-3-2-4-7-12/h2-4,6-7H,5,8-11H2,1H3. The SMILES string of the molecule is COCCn1c(-c2ccccc2)nc(=S)c2c1CCC2. The number of hydrogen-bond acceptors (Lipinski definition) is 3. The van der Waals surface area contributed by atoms with E-state index >= 15 is 0 Å². The van der Waals surface area contributed by atoms with E-state index in [0.29, 0.717) is 6.61 Å². The number of ether oxygens (including phenoxy) is 1. The van der Waals surface area contributed by atoms with Gasteiger partial charge in [0.25, 0.3) is 0 Å². The van der Waals surface area contributed by atoms with Gasteiger partial charge in [0.1, 0.15) is 10.5 Å². The van der Waals surface area contributed by atoms with E-state index in [1.807, 2.05) is 18.2 Å². The highest BCUT2D eigenvalue weighted by Crippen LogP contribution is 2.27. The van der Waals surface area contributed by atoms with Gasteiger partial charge in [0.05, 0.1) is 6.61 Å². The van der Waals surface area contributed by atoms with E-state index in [-0.39, 0.29) is 0 Å². The molecule has 1 heterocycles. The van der Waals surface area contributed by atoms with Gasteiger partial charge in [-0.2, -0.15) is 0 Å². The zero-order chi connectivity index (χ0) is 13.9. The van der Waals surface area contributed by atoms with Crippen LogP contribution in [0.1, 0.15) is 17.7 Å². The van der Waals surface area contributed by atoms with Crippen molar-refractivity contribution in [1.82, 2.24) is 9.55 Å². The van der Waals surface area contributed by atoms with Crippen LogP contribution in [0.3, 0.4) is 0 Å². The molecular weight excluding hydrogens is 268 g/mol. The number of aromatic nitrogens is 2. The Kier molecular flexibility index (Phi) is 3.94. The Morgan fingerprint density at radius 2 is 2.05 bits per heavy atom. The minimum Gasteiger partial charge on any atom is -0.383 e. The van der Waals surface area contributed by atoms with Gasteiger partial charge in [0, 0.05) is 30.5 Å². The third-order valence-corrected chi connectivity index (χ3v) is 4.12. The average molecular weight is 286 g/mol. The molecule has 1 aliphatic rings. The molecule has 0 aliphatic heterocycles. The molecule has 3 rings (SSSR count). The lowest BCUT2D eigenvalue weighted by Crippen LogP contribution is -2.15. The van der Waals surface area contributed by atoms with Gasteiger partial charge in [-0.1, -0.05) is 42.5 Å². The van der Waals surface area contributed by atoms with E-state index in [0.717, 1.165) is 35.4 Å². The molecule has 0 unspecified atom stereocenters. The van der Waals surface area contributed by atoms with E-state index in [9.17, 15) is 0 Å². The fraction of sp³-hybridized carbons (Fsp3) is 0.375. The molecule has 0 fully saturated rings. The fourth-order valence-corrected chi connectivity index (χ4v) is 3.15. The van der Waals surface area contributed by atoms with Crippen molar-refractivity contribution < 1.29 is 4.74 Å². The minimum absolute atomic E-state index is 0.690. The van der Waals surface area contributed by atoms with Crippen LogP contribution in [-0.4, -0.2) is 23.3 Å². The summed E-state index contributed by atoms with van der Waals surface area (Å²) < 4.78 is 8.31. The Morgan fingerprint density at radius 1 is 1.25 bits per heavy atom. The molecule has 20 heavy (non-hydrogen) atoms. The Labute approximate surface area is 124 Å². The van der Waals surface area contributed by atoms with Crippen molar-refractivity contribution in [2.75, 3.05) is 13.7 Å². The second-order valence-electron chi connectivity index (χ2n) is 5.03. The number of hydrogen-bond donors (Lipinski definition) is 0. The Balaban J connectivity index is 2.18. The zero-order valence-corrected chi connectivity index (χ0v) is 12.4. The largest absolute Gasteiger partial charge is 0.383 e. The fourth-order valence-electron chi connectivity index (χ4n) is 2.84. The smallest absolute Gasteiger partial charge is 0.141 e. The Bertz CT molecular complexity index is 664.